The van der Waals surface area contributed by atoms with E-state index in [1.165, 1.54) is 25.3 Å². The molecule has 0 spiro atoms. The number of methoxy groups -OCH3 is 1. The van der Waals surface area contributed by atoms with Crippen LogP contribution in [0.25, 0.3) is 0 Å². The number of benzene rings is 2. The van der Waals surface area contributed by atoms with Crippen molar-refractivity contribution in [2.24, 2.45) is 5.92 Å². The van der Waals surface area contributed by atoms with Crippen molar-refractivity contribution >= 4 is 33.1 Å². The number of anilines is 1. The van der Waals surface area contributed by atoms with Gasteiger partial charge in [0.25, 0.3) is 10.0 Å². The van der Waals surface area contributed by atoms with E-state index in [-0.39, 0.29) is 21.6 Å². The number of ether oxygens (including phenoxy) is 1. The number of hydrogen-bond acceptors (Lipinski definition) is 4. The molecule has 7 heteroatoms. The van der Waals surface area contributed by atoms with Crippen LogP contribution >= 0.6 is 11.6 Å². The van der Waals surface area contributed by atoms with E-state index >= 15 is 0 Å². The van der Waals surface area contributed by atoms with Gasteiger partial charge in [-0.25, -0.2) is 8.42 Å². The van der Waals surface area contributed by atoms with Gasteiger partial charge in [-0.3, -0.25) is 9.52 Å². The Balaban J connectivity index is 1.78. The van der Waals surface area contributed by atoms with Crippen molar-refractivity contribution in [3.63, 3.8) is 0 Å². The molecular formula is C17H16ClNO4S. The van der Waals surface area contributed by atoms with Gasteiger partial charge in [0.2, 0.25) is 0 Å². The maximum atomic E-state index is 12.4. The van der Waals surface area contributed by atoms with Crippen molar-refractivity contribution in [1.82, 2.24) is 0 Å². The fraction of sp³-hybridized carbons (Fsp3) is 0.235. The molecule has 126 valence electrons. The summed E-state index contributed by atoms with van der Waals surface area (Å²) in [5.74, 6) is 0.652. The first-order valence-corrected chi connectivity index (χ1v) is 9.27. The van der Waals surface area contributed by atoms with Crippen molar-refractivity contribution in [1.29, 1.82) is 0 Å². The highest BCUT2D eigenvalue weighted by Gasteiger charge is 2.30. The van der Waals surface area contributed by atoms with Crippen LogP contribution in [-0.2, 0) is 10.0 Å². The lowest BCUT2D eigenvalue weighted by Gasteiger charge is -2.10. The molecular weight excluding hydrogens is 350 g/mol. The van der Waals surface area contributed by atoms with Gasteiger partial charge in [0.1, 0.15) is 5.75 Å². The van der Waals surface area contributed by atoms with E-state index in [0.29, 0.717) is 17.0 Å². The number of Topliss-reactive ketones (excluding diaryl/α,β-unsaturated/α-hetero) is 1. The summed E-state index contributed by atoms with van der Waals surface area (Å²) in [6, 6.07) is 10.7. The minimum Gasteiger partial charge on any atom is -0.495 e. The first-order chi connectivity index (χ1) is 11.4. The SMILES string of the molecule is COc1ccc(S(=O)(=O)Nc2ccc(C(=O)C3CC3)cc2)cc1Cl. The van der Waals surface area contributed by atoms with Crippen LogP contribution in [0.3, 0.4) is 0 Å². The van der Waals surface area contributed by atoms with E-state index in [2.05, 4.69) is 4.72 Å². The van der Waals surface area contributed by atoms with Gasteiger partial charge in [0.05, 0.1) is 17.0 Å². The zero-order valence-electron chi connectivity index (χ0n) is 13.0. The molecule has 5 nitrogen and oxygen atoms in total. The normalized spacial score (nSPS) is 14.2. The quantitative estimate of drug-likeness (QED) is 0.791. The molecule has 1 N–H and O–H groups in total. The highest BCUT2D eigenvalue weighted by Crippen LogP contribution is 2.33. The fourth-order valence-electron chi connectivity index (χ4n) is 2.31. The van der Waals surface area contributed by atoms with Gasteiger partial charge in [-0.1, -0.05) is 11.6 Å². The zero-order chi connectivity index (χ0) is 17.3. The van der Waals surface area contributed by atoms with Crippen molar-refractivity contribution in [2.75, 3.05) is 11.8 Å². The summed E-state index contributed by atoms with van der Waals surface area (Å²) in [5.41, 5.74) is 0.988. The Morgan fingerprint density at radius 1 is 1.17 bits per heavy atom. The van der Waals surface area contributed by atoms with E-state index in [1.54, 1.807) is 24.3 Å². The first-order valence-electron chi connectivity index (χ1n) is 7.41. The molecule has 24 heavy (non-hydrogen) atoms. The molecule has 0 aromatic heterocycles. The van der Waals surface area contributed by atoms with Crippen LogP contribution in [0, 0.1) is 5.92 Å². The molecule has 3 rings (SSSR count). The summed E-state index contributed by atoms with van der Waals surface area (Å²) >= 11 is 5.97. The standard InChI is InChI=1S/C17H16ClNO4S/c1-23-16-9-8-14(10-15(16)18)24(21,22)19-13-6-4-12(5-7-13)17(20)11-2-3-11/h4-11,19H,2-3H2,1H3. The number of carbonyl (C=O) groups is 1. The van der Waals surface area contributed by atoms with E-state index < -0.39 is 10.0 Å². The average Bonchev–Trinajstić information content (AvgIpc) is 3.39. The summed E-state index contributed by atoms with van der Waals surface area (Å²) in [6.45, 7) is 0. The maximum Gasteiger partial charge on any atom is 0.261 e. The minimum absolute atomic E-state index is 0.0337. The fourth-order valence-corrected chi connectivity index (χ4v) is 3.72. The van der Waals surface area contributed by atoms with E-state index in [0.717, 1.165) is 12.8 Å². The summed E-state index contributed by atoms with van der Waals surface area (Å²) in [5, 5.41) is 0.214. The molecule has 1 fully saturated rings. The number of sulfonamides is 1. The Kier molecular flexibility index (Phi) is 4.51. The second kappa shape index (κ2) is 6.45. The molecule has 1 saturated carbocycles. The number of rotatable bonds is 6. The number of hydrogen-bond donors (Lipinski definition) is 1. The van der Waals surface area contributed by atoms with Crippen molar-refractivity contribution in [3.05, 3.63) is 53.1 Å². The number of ketones is 1. The van der Waals surface area contributed by atoms with Crippen LogP contribution in [0.1, 0.15) is 23.2 Å². The number of halogens is 1. The van der Waals surface area contributed by atoms with Gasteiger partial charge < -0.3 is 4.74 Å². The molecule has 1 aliphatic carbocycles. The average molecular weight is 366 g/mol. The lowest BCUT2D eigenvalue weighted by Crippen LogP contribution is -2.13. The molecule has 0 radical (unpaired) electrons. The van der Waals surface area contributed by atoms with Crippen LogP contribution in [0.5, 0.6) is 5.75 Å². The predicted molar refractivity (Wildman–Crippen MR) is 92.3 cm³/mol. The molecule has 0 unspecified atom stereocenters. The van der Waals surface area contributed by atoms with Gasteiger partial charge in [0.15, 0.2) is 5.78 Å². The molecule has 0 amide bonds. The highest BCUT2D eigenvalue weighted by molar-refractivity contribution is 7.92. The lowest BCUT2D eigenvalue weighted by molar-refractivity contribution is 0.0967. The summed E-state index contributed by atoms with van der Waals surface area (Å²) < 4.78 is 32.3. The third kappa shape index (κ3) is 3.55. The second-order valence-electron chi connectivity index (χ2n) is 5.62. The molecule has 2 aromatic carbocycles. The summed E-state index contributed by atoms with van der Waals surface area (Å²) in [6.07, 6.45) is 1.87. The Morgan fingerprint density at radius 2 is 1.83 bits per heavy atom. The Labute approximate surface area is 145 Å². The Bertz CT molecular complexity index is 874. The van der Waals surface area contributed by atoms with Gasteiger partial charge in [-0.05, 0) is 55.3 Å². The van der Waals surface area contributed by atoms with Crippen LogP contribution < -0.4 is 9.46 Å². The van der Waals surface area contributed by atoms with Gasteiger partial charge in [0, 0.05) is 17.2 Å². The highest BCUT2D eigenvalue weighted by atomic mass is 35.5. The lowest BCUT2D eigenvalue weighted by atomic mass is 10.1. The summed E-state index contributed by atoms with van der Waals surface area (Å²) in [4.78, 5) is 12.0. The summed E-state index contributed by atoms with van der Waals surface area (Å²) in [7, 11) is -2.32. The molecule has 2 aromatic rings. The largest absolute Gasteiger partial charge is 0.495 e. The van der Waals surface area contributed by atoms with Crippen LogP contribution in [-0.4, -0.2) is 21.3 Å². The van der Waals surface area contributed by atoms with Crippen molar-refractivity contribution < 1.29 is 17.9 Å². The van der Waals surface area contributed by atoms with E-state index in [1.807, 2.05) is 0 Å². The molecule has 1 aliphatic rings. The molecule has 0 heterocycles. The Morgan fingerprint density at radius 3 is 2.38 bits per heavy atom. The number of carbonyl (C=O) groups excluding carboxylic acids is 1. The molecule has 0 bridgehead atoms. The van der Waals surface area contributed by atoms with Crippen LogP contribution in [0.15, 0.2) is 47.4 Å². The van der Waals surface area contributed by atoms with Gasteiger partial charge in [-0.15, -0.1) is 0 Å². The molecule has 0 saturated heterocycles. The smallest absolute Gasteiger partial charge is 0.261 e. The van der Waals surface area contributed by atoms with E-state index in [4.69, 9.17) is 16.3 Å². The molecule has 0 atom stereocenters. The van der Waals surface area contributed by atoms with Gasteiger partial charge in [-0.2, -0.15) is 0 Å². The zero-order valence-corrected chi connectivity index (χ0v) is 14.5. The predicted octanol–water partition coefficient (Wildman–Crippen LogP) is 3.74. The third-order valence-corrected chi connectivity index (χ3v) is 5.48. The van der Waals surface area contributed by atoms with Crippen LogP contribution in [0.2, 0.25) is 5.02 Å². The van der Waals surface area contributed by atoms with Crippen molar-refractivity contribution in [3.8, 4) is 5.75 Å². The monoisotopic (exact) mass is 365 g/mol. The molecule has 0 aliphatic heterocycles. The third-order valence-electron chi connectivity index (χ3n) is 3.80. The van der Waals surface area contributed by atoms with E-state index in [9.17, 15) is 13.2 Å². The topological polar surface area (TPSA) is 72.5 Å². The van der Waals surface area contributed by atoms with Crippen LogP contribution in [0.4, 0.5) is 5.69 Å². The second-order valence-corrected chi connectivity index (χ2v) is 7.71. The maximum absolute atomic E-state index is 12.4. The first kappa shape index (κ1) is 16.8. The Hall–Kier alpha value is -2.05. The number of nitrogens with one attached hydrogen (secondary N) is 1. The van der Waals surface area contributed by atoms with Gasteiger partial charge >= 0.3 is 0 Å². The minimum atomic E-state index is -3.77. The van der Waals surface area contributed by atoms with Crippen molar-refractivity contribution in [2.45, 2.75) is 17.7 Å².